The van der Waals surface area contributed by atoms with Crippen molar-refractivity contribution in [3.8, 4) is 0 Å². The number of carbonyl (C=O) groups excluding carboxylic acids is 2. The number of benzene rings is 2. The molecule has 2 aromatic carbocycles. The number of rotatable bonds is 5. The number of hydrogen-bond donors (Lipinski definition) is 0. The predicted molar refractivity (Wildman–Crippen MR) is 80.9 cm³/mol. The monoisotopic (exact) mass is 288 g/mol. The van der Waals surface area contributed by atoms with Crippen LogP contribution in [0.1, 0.15) is 13.8 Å². The van der Waals surface area contributed by atoms with E-state index in [2.05, 4.69) is 0 Å². The predicted octanol–water partition coefficient (Wildman–Crippen LogP) is 3.45. The van der Waals surface area contributed by atoms with Crippen molar-refractivity contribution in [3.63, 3.8) is 0 Å². The fraction of sp³-hybridized carbons (Fsp3) is 0.250. The first kappa shape index (κ1) is 14.6. The van der Waals surface area contributed by atoms with E-state index >= 15 is 0 Å². The normalized spacial score (nSPS) is 12.1. The van der Waals surface area contributed by atoms with E-state index in [4.69, 9.17) is 4.74 Å². The Hall–Kier alpha value is -1.81. The smallest absolute Gasteiger partial charge is 0.327 e. The zero-order valence-electron chi connectivity index (χ0n) is 11.5. The zero-order valence-corrected chi connectivity index (χ0v) is 12.3. The third kappa shape index (κ3) is 3.39. The standard InChI is InChI=1S/C16H16O3S/c1-3-19-16(18)15(11(2)17)20-14-9-8-12-6-4-5-7-13(12)10-14/h4-10,15H,3H2,1-2H3. The first-order valence-corrected chi connectivity index (χ1v) is 7.32. The minimum atomic E-state index is -0.795. The number of ether oxygens (including phenoxy) is 1. The Bertz CT molecular complexity index is 636. The Morgan fingerprint density at radius 2 is 1.85 bits per heavy atom. The van der Waals surface area contributed by atoms with Crippen LogP contribution in [-0.2, 0) is 14.3 Å². The van der Waals surface area contributed by atoms with Gasteiger partial charge in [0.15, 0.2) is 11.0 Å². The molecule has 0 radical (unpaired) electrons. The third-order valence-corrected chi connectivity index (χ3v) is 4.13. The number of carbonyl (C=O) groups is 2. The molecule has 0 N–H and O–H groups in total. The molecule has 0 bridgehead atoms. The molecule has 0 heterocycles. The van der Waals surface area contributed by atoms with E-state index in [0.29, 0.717) is 0 Å². The average molecular weight is 288 g/mol. The Morgan fingerprint density at radius 1 is 1.15 bits per heavy atom. The van der Waals surface area contributed by atoms with Crippen molar-refractivity contribution >= 4 is 34.3 Å². The van der Waals surface area contributed by atoms with Crippen LogP contribution in [0.5, 0.6) is 0 Å². The van der Waals surface area contributed by atoms with Crippen molar-refractivity contribution in [2.45, 2.75) is 24.0 Å². The quantitative estimate of drug-likeness (QED) is 0.480. The molecule has 0 aliphatic heterocycles. The topological polar surface area (TPSA) is 43.4 Å². The maximum absolute atomic E-state index is 11.8. The highest BCUT2D eigenvalue weighted by Crippen LogP contribution is 2.28. The van der Waals surface area contributed by atoms with Crippen LogP contribution in [0.25, 0.3) is 10.8 Å². The highest BCUT2D eigenvalue weighted by Gasteiger charge is 2.25. The van der Waals surface area contributed by atoms with Gasteiger partial charge >= 0.3 is 5.97 Å². The summed E-state index contributed by atoms with van der Waals surface area (Å²) in [6.07, 6.45) is 0. The lowest BCUT2D eigenvalue weighted by Crippen LogP contribution is -2.27. The number of esters is 1. The first-order valence-electron chi connectivity index (χ1n) is 6.44. The minimum absolute atomic E-state index is 0.193. The van der Waals surface area contributed by atoms with Gasteiger partial charge in [-0.05, 0) is 36.8 Å². The number of fused-ring (bicyclic) bond motifs is 1. The Labute approximate surface area is 122 Å². The minimum Gasteiger partial charge on any atom is -0.465 e. The summed E-state index contributed by atoms with van der Waals surface area (Å²) in [4.78, 5) is 24.3. The highest BCUT2D eigenvalue weighted by molar-refractivity contribution is 8.01. The first-order chi connectivity index (χ1) is 9.61. The lowest BCUT2D eigenvalue weighted by molar-refractivity contribution is -0.144. The van der Waals surface area contributed by atoms with E-state index in [1.54, 1.807) is 6.92 Å². The molecule has 1 atom stereocenters. The van der Waals surface area contributed by atoms with Crippen molar-refractivity contribution in [3.05, 3.63) is 42.5 Å². The number of hydrogen-bond acceptors (Lipinski definition) is 4. The highest BCUT2D eigenvalue weighted by atomic mass is 32.2. The van der Waals surface area contributed by atoms with Gasteiger partial charge in [0.05, 0.1) is 6.61 Å². The van der Waals surface area contributed by atoms with Crippen molar-refractivity contribution in [1.82, 2.24) is 0 Å². The summed E-state index contributed by atoms with van der Waals surface area (Å²) >= 11 is 1.24. The lowest BCUT2D eigenvalue weighted by atomic mass is 10.1. The number of Topliss-reactive ketones (excluding diaryl/α,β-unsaturated/α-hetero) is 1. The Kier molecular flexibility index (Phi) is 4.79. The molecule has 0 amide bonds. The van der Waals surface area contributed by atoms with Gasteiger partial charge in [0.2, 0.25) is 0 Å². The molecule has 0 fully saturated rings. The molecule has 0 saturated carbocycles. The van der Waals surface area contributed by atoms with Crippen LogP contribution in [0.4, 0.5) is 0 Å². The van der Waals surface area contributed by atoms with Gasteiger partial charge in [0.25, 0.3) is 0 Å². The molecule has 0 aliphatic carbocycles. The fourth-order valence-corrected chi connectivity index (χ4v) is 2.84. The molecule has 0 aliphatic rings. The van der Waals surface area contributed by atoms with Crippen LogP contribution in [0.15, 0.2) is 47.4 Å². The molecular formula is C16H16O3S. The summed E-state index contributed by atoms with van der Waals surface area (Å²) < 4.78 is 4.94. The second kappa shape index (κ2) is 6.57. The molecule has 20 heavy (non-hydrogen) atoms. The SMILES string of the molecule is CCOC(=O)C(Sc1ccc2ccccc2c1)C(C)=O. The van der Waals surface area contributed by atoms with Crippen molar-refractivity contribution in [1.29, 1.82) is 0 Å². The summed E-state index contributed by atoms with van der Waals surface area (Å²) in [7, 11) is 0. The van der Waals surface area contributed by atoms with Crippen LogP contribution < -0.4 is 0 Å². The molecule has 3 nitrogen and oxygen atoms in total. The van der Waals surface area contributed by atoms with Crippen molar-refractivity contribution in [2.24, 2.45) is 0 Å². The summed E-state index contributed by atoms with van der Waals surface area (Å²) in [5, 5.41) is 1.42. The van der Waals surface area contributed by atoms with E-state index in [-0.39, 0.29) is 12.4 Å². The Balaban J connectivity index is 2.24. The van der Waals surface area contributed by atoms with Crippen LogP contribution >= 0.6 is 11.8 Å². The number of ketones is 1. The maximum atomic E-state index is 11.8. The van der Waals surface area contributed by atoms with Gasteiger partial charge in [-0.2, -0.15) is 0 Å². The van der Waals surface area contributed by atoms with Gasteiger partial charge < -0.3 is 4.74 Å². The summed E-state index contributed by atoms with van der Waals surface area (Å²) in [5.41, 5.74) is 0. The van der Waals surface area contributed by atoms with Gasteiger partial charge in [-0.25, -0.2) is 0 Å². The van der Waals surface area contributed by atoms with E-state index in [1.165, 1.54) is 18.7 Å². The summed E-state index contributed by atoms with van der Waals surface area (Å²) in [6, 6.07) is 13.9. The van der Waals surface area contributed by atoms with E-state index < -0.39 is 11.2 Å². The van der Waals surface area contributed by atoms with Crippen LogP contribution in [0, 0.1) is 0 Å². The molecular weight excluding hydrogens is 272 g/mol. The second-order valence-electron chi connectivity index (χ2n) is 4.37. The third-order valence-electron chi connectivity index (χ3n) is 2.84. The second-order valence-corrected chi connectivity index (χ2v) is 5.55. The van der Waals surface area contributed by atoms with Crippen LogP contribution in [0.3, 0.4) is 0 Å². The molecule has 4 heteroatoms. The molecule has 0 spiro atoms. The van der Waals surface area contributed by atoms with E-state index in [9.17, 15) is 9.59 Å². The van der Waals surface area contributed by atoms with Crippen LogP contribution in [-0.4, -0.2) is 23.6 Å². The van der Waals surface area contributed by atoms with E-state index in [1.807, 2.05) is 42.5 Å². The summed E-state index contributed by atoms with van der Waals surface area (Å²) in [6.45, 7) is 3.42. The van der Waals surface area contributed by atoms with Gasteiger partial charge in [0, 0.05) is 4.90 Å². The molecule has 2 rings (SSSR count). The fourth-order valence-electron chi connectivity index (χ4n) is 1.89. The van der Waals surface area contributed by atoms with Crippen molar-refractivity contribution in [2.75, 3.05) is 6.61 Å². The summed E-state index contributed by atoms with van der Waals surface area (Å²) in [5.74, 6) is -0.667. The van der Waals surface area contributed by atoms with E-state index in [0.717, 1.165) is 15.7 Å². The largest absolute Gasteiger partial charge is 0.465 e. The van der Waals surface area contributed by atoms with Gasteiger partial charge in [-0.15, -0.1) is 11.8 Å². The average Bonchev–Trinajstić information content (AvgIpc) is 2.44. The maximum Gasteiger partial charge on any atom is 0.327 e. The van der Waals surface area contributed by atoms with Crippen LogP contribution in [0.2, 0.25) is 0 Å². The van der Waals surface area contributed by atoms with Gasteiger partial charge in [0.1, 0.15) is 0 Å². The van der Waals surface area contributed by atoms with Crippen molar-refractivity contribution < 1.29 is 14.3 Å². The molecule has 0 saturated heterocycles. The zero-order chi connectivity index (χ0) is 14.5. The molecule has 104 valence electrons. The Morgan fingerprint density at radius 3 is 2.50 bits per heavy atom. The molecule has 0 aromatic heterocycles. The number of thioether (sulfide) groups is 1. The van der Waals surface area contributed by atoms with Gasteiger partial charge in [-0.1, -0.05) is 30.3 Å². The molecule has 2 aromatic rings. The lowest BCUT2D eigenvalue weighted by Gasteiger charge is -2.12. The molecule has 1 unspecified atom stereocenters. The van der Waals surface area contributed by atoms with Gasteiger partial charge in [-0.3, -0.25) is 9.59 Å².